The average molecular weight is 392 g/mol. The lowest BCUT2D eigenvalue weighted by molar-refractivity contribution is -0.142. The van der Waals surface area contributed by atoms with Crippen LogP contribution in [0.5, 0.6) is 0 Å². The number of nitrogens with zero attached hydrogens (tertiary/aromatic N) is 1. The lowest BCUT2D eigenvalue weighted by Gasteiger charge is -2.29. The van der Waals surface area contributed by atoms with Crippen molar-refractivity contribution in [3.63, 3.8) is 0 Å². The second-order valence-electron chi connectivity index (χ2n) is 7.82. The molecule has 0 aliphatic carbocycles. The Morgan fingerprint density at radius 2 is 1.71 bits per heavy atom. The molecule has 1 aromatic rings. The summed E-state index contributed by atoms with van der Waals surface area (Å²) >= 11 is 0. The summed E-state index contributed by atoms with van der Waals surface area (Å²) in [5.41, 5.74) is 0.165. The molecule has 1 atom stereocenters. The molecule has 1 rings (SSSR count). The molecule has 0 bridgehead atoms. The Hall–Kier alpha value is -2.57. The molecule has 0 spiro atoms. The molecule has 156 valence electrons. The third kappa shape index (κ3) is 8.41. The standard InChI is InChI=1S/C21H32N2O5/c1-15(2)23(13-12-19(25)27-6)18(24)14-17(16-10-8-7-9-11-16)22-20(26)28-21(3,4)5/h7-11,15,17H,12-14H2,1-6H3,(H,22,26)/t17-/m1/s1. The lowest BCUT2D eigenvalue weighted by Crippen LogP contribution is -2.42. The van der Waals surface area contributed by atoms with Crippen LogP contribution in [0.25, 0.3) is 0 Å². The van der Waals surface area contributed by atoms with E-state index in [-0.39, 0.29) is 37.3 Å². The Morgan fingerprint density at radius 1 is 1.11 bits per heavy atom. The van der Waals surface area contributed by atoms with Crippen LogP contribution in [0, 0.1) is 0 Å². The van der Waals surface area contributed by atoms with E-state index >= 15 is 0 Å². The molecule has 7 nitrogen and oxygen atoms in total. The Labute approximate surface area is 167 Å². The van der Waals surface area contributed by atoms with Crippen molar-refractivity contribution in [1.29, 1.82) is 0 Å². The van der Waals surface area contributed by atoms with Crippen LogP contribution >= 0.6 is 0 Å². The molecular weight excluding hydrogens is 360 g/mol. The average Bonchev–Trinajstić information content (AvgIpc) is 2.59. The number of carbonyl (C=O) groups is 3. The van der Waals surface area contributed by atoms with Crippen molar-refractivity contribution in [2.75, 3.05) is 13.7 Å². The van der Waals surface area contributed by atoms with Crippen molar-refractivity contribution in [2.24, 2.45) is 0 Å². The van der Waals surface area contributed by atoms with Crippen LogP contribution in [0.15, 0.2) is 30.3 Å². The van der Waals surface area contributed by atoms with E-state index in [2.05, 4.69) is 10.1 Å². The first-order valence-electron chi connectivity index (χ1n) is 9.44. The largest absolute Gasteiger partial charge is 0.469 e. The van der Waals surface area contributed by atoms with Crippen LogP contribution in [0.4, 0.5) is 4.79 Å². The number of methoxy groups -OCH3 is 1. The highest BCUT2D eigenvalue weighted by molar-refractivity contribution is 5.79. The molecule has 0 aliphatic heterocycles. The van der Waals surface area contributed by atoms with Gasteiger partial charge < -0.3 is 19.7 Å². The maximum Gasteiger partial charge on any atom is 0.408 e. The van der Waals surface area contributed by atoms with Crippen LogP contribution in [-0.2, 0) is 19.1 Å². The highest BCUT2D eigenvalue weighted by Crippen LogP contribution is 2.20. The Kier molecular flexibility index (Phi) is 8.96. The second kappa shape index (κ2) is 10.7. The summed E-state index contributed by atoms with van der Waals surface area (Å²) in [6.07, 6.45) is -0.404. The zero-order chi connectivity index (χ0) is 21.3. The third-order valence-corrected chi connectivity index (χ3v) is 4.00. The van der Waals surface area contributed by atoms with Gasteiger partial charge in [-0.1, -0.05) is 30.3 Å². The first kappa shape index (κ1) is 23.5. The molecule has 0 heterocycles. The quantitative estimate of drug-likeness (QED) is 0.685. The van der Waals surface area contributed by atoms with E-state index in [4.69, 9.17) is 4.74 Å². The first-order valence-corrected chi connectivity index (χ1v) is 9.44. The molecular formula is C21H32N2O5. The van der Waals surface area contributed by atoms with Gasteiger partial charge in [-0.05, 0) is 40.2 Å². The Balaban J connectivity index is 2.92. The number of esters is 1. The molecule has 0 radical (unpaired) electrons. The van der Waals surface area contributed by atoms with E-state index in [0.29, 0.717) is 0 Å². The summed E-state index contributed by atoms with van der Waals surface area (Å²) < 4.78 is 10.00. The molecule has 0 aliphatic rings. The number of hydrogen-bond donors (Lipinski definition) is 1. The molecule has 0 unspecified atom stereocenters. The van der Waals surface area contributed by atoms with Gasteiger partial charge in [-0.15, -0.1) is 0 Å². The molecule has 1 N–H and O–H groups in total. The Morgan fingerprint density at radius 3 is 2.21 bits per heavy atom. The molecule has 0 saturated heterocycles. The van der Waals surface area contributed by atoms with Crippen LogP contribution < -0.4 is 5.32 Å². The van der Waals surface area contributed by atoms with Gasteiger partial charge in [-0.2, -0.15) is 0 Å². The minimum Gasteiger partial charge on any atom is -0.469 e. The van der Waals surface area contributed by atoms with Crippen molar-refractivity contribution in [3.05, 3.63) is 35.9 Å². The van der Waals surface area contributed by atoms with Gasteiger partial charge in [0.1, 0.15) is 5.60 Å². The minimum absolute atomic E-state index is 0.0581. The van der Waals surface area contributed by atoms with Crippen molar-refractivity contribution in [3.8, 4) is 0 Å². The van der Waals surface area contributed by atoms with E-state index in [1.54, 1.807) is 25.7 Å². The van der Waals surface area contributed by atoms with Crippen molar-refractivity contribution in [1.82, 2.24) is 10.2 Å². The van der Waals surface area contributed by atoms with Crippen LogP contribution in [0.1, 0.15) is 59.1 Å². The number of nitrogens with one attached hydrogen (secondary N) is 1. The maximum absolute atomic E-state index is 12.9. The Bertz CT molecular complexity index is 653. The number of amides is 2. The summed E-state index contributed by atoms with van der Waals surface area (Å²) in [5.74, 6) is -0.534. The zero-order valence-electron chi connectivity index (χ0n) is 17.7. The molecule has 28 heavy (non-hydrogen) atoms. The van der Waals surface area contributed by atoms with Crippen LogP contribution in [-0.4, -0.2) is 48.2 Å². The third-order valence-electron chi connectivity index (χ3n) is 4.00. The van der Waals surface area contributed by atoms with Gasteiger partial charge >= 0.3 is 12.1 Å². The number of rotatable bonds is 8. The molecule has 0 fully saturated rings. The molecule has 0 aromatic heterocycles. The lowest BCUT2D eigenvalue weighted by atomic mass is 10.0. The van der Waals surface area contributed by atoms with E-state index in [1.165, 1.54) is 7.11 Å². The minimum atomic E-state index is -0.639. The van der Waals surface area contributed by atoms with Gasteiger partial charge in [-0.3, -0.25) is 9.59 Å². The number of hydrogen-bond acceptors (Lipinski definition) is 5. The number of benzene rings is 1. The normalized spacial score (nSPS) is 12.2. The molecule has 7 heteroatoms. The second-order valence-corrected chi connectivity index (χ2v) is 7.82. The molecule has 0 saturated carbocycles. The van der Waals surface area contributed by atoms with Crippen molar-refractivity contribution < 1.29 is 23.9 Å². The molecule has 1 aromatic carbocycles. The van der Waals surface area contributed by atoms with Gasteiger partial charge in [0.25, 0.3) is 0 Å². The number of carbonyl (C=O) groups excluding carboxylic acids is 3. The van der Waals surface area contributed by atoms with Gasteiger partial charge in [0, 0.05) is 12.6 Å². The highest BCUT2D eigenvalue weighted by atomic mass is 16.6. The fraction of sp³-hybridized carbons (Fsp3) is 0.571. The summed E-state index contributed by atoms with van der Waals surface area (Å²) in [5, 5.41) is 2.79. The van der Waals surface area contributed by atoms with Crippen molar-refractivity contribution in [2.45, 2.75) is 65.1 Å². The number of alkyl carbamates (subject to hydrolysis) is 1. The smallest absolute Gasteiger partial charge is 0.408 e. The van der Waals surface area contributed by atoms with Gasteiger partial charge in [0.05, 0.1) is 26.0 Å². The van der Waals surface area contributed by atoms with E-state index in [1.807, 2.05) is 44.2 Å². The SMILES string of the molecule is COC(=O)CCN(C(=O)C[C@@H](NC(=O)OC(C)(C)C)c1ccccc1)C(C)C. The fourth-order valence-corrected chi connectivity index (χ4v) is 2.66. The summed E-state index contributed by atoms with van der Waals surface area (Å²) in [6.45, 7) is 9.37. The van der Waals surface area contributed by atoms with Gasteiger partial charge in [0.2, 0.25) is 5.91 Å². The van der Waals surface area contributed by atoms with Gasteiger partial charge in [-0.25, -0.2) is 4.79 Å². The van der Waals surface area contributed by atoms with Gasteiger partial charge in [0.15, 0.2) is 0 Å². The predicted molar refractivity (Wildman–Crippen MR) is 107 cm³/mol. The first-order chi connectivity index (χ1) is 13.0. The van der Waals surface area contributed by atoms with Crippen LogP contribution in [0.3, 0.4) is 0 Å². The zero-order valence-corrected chi connectivity index (χ0v) is 17.7. The summed E-state index contributed by atoms with van der Waals surface area (Å²) in [4.78, 5) is 38.2. The summed E-state index contributed by atoms with van der Waals surface area (Å²) in [6, 6.07) is 8.64. The van der Waals surface area contributed by atoms with Crippen molar-refractivity contribution >= 4 is 18.0 Å². The highest BCUT2D eigenvalue weighted by Gasteiger charge is 2.26. The summed E-state index contributed by atoms with van der Waals surface area (Å²) in [7, 11) is 1.32. The maximum atomic E-state index is 12.9. The molecule has 2 amide bonds. The monoisotopic (exact) mass is 392 g/mol. The van der Waals surface area contributed by atoms with E-state index in [9.17, 15) is 14.4 Å². The number of ether oxygens (including phenoxy) is 2. The van der Waals surface area contributed by atoms with Crippen LogP contribution in [0.2, 0.25) is 0 Å². The predicted octanol–water partition coefficient (Wildman–Crippen LogP) is 3.44. The van der Waals surface area contributed by atoms with E-state index < -0.39 is 17.7 Å². The topological polar surface area (TPSA) is 84.9 Å². The fourth-order valence-electron chi connectivity index (χ4n) is 2.66. The van der Waals surface area contributed by atoms with E-state index in [0.717, 1.165) is 5.56 Å².